The highest BCUT2D eigenvalue weighted by Gasteiger charge is 2.35. The summed E-state index contributed by atoms with van der Waals surface area (Å²) in [5.74, 6) is -0.456. The predicted octanol–water partition coefficient (Wildman–Crippen LogP) is 3.62. The van der Waals surface area contributed by atoms with Gasteiger partial charge in [-0.25, -0.2) is 9.18 Å². The molecule has 0 radical (unpaired) electrons. The van der Waals surface area contributed by atoms with E-state index in [4.69, 9.17) is 0 Å². The predicted molar refractivity (Wildman–Crippen MR) is 102 cm³/mol. The molecule has 2 bridgehead atoms. The number of hydrogen-bond donors (Lipinski definition) is 1. The van der Waals surface area contributed by atoms with Crippen molar-refractivity contribution in [2.24, 2.45) is 5.92 Å². The zero-order valence-corrected chi connectivity index (χ0v) is 15.4. The molecule has 1 N–H and O–H groups in total. The van der Waals surface area contributed by atoms with Gasteiger partial charge in [-0.3, -0.25) is 9.80 Å². The fourth-order valence-corrected chi connectivity index (χ4v) is 4.53. The maximum atomic E-state index is 13.1. The molecular weight excluding hydrogens is 343 g/mol. The van der Waals surface area contributed by atoms with E-state index in [9.17, 15) is 14.3 Å². The van der Waals surface area contributed by atoms with Gasteiger partial charge in [-0.05, 0) is 48.1 Å². The van der Waals surface area contributed by atoms with Crippen LogP contribution in [0.1, 0.15) is 34.3 Å². The topological polar surface area (TPSA) is 43.8 Å². The van der Waals surface area contributed by atoms with Crippen LogP contribution in [0.4, 0.5) is 4.39 Å². The minimum atomic E-state index is -0.858. The van der Waals surface area contributed by atoms with Gasteiger partial charge in [-0.2, -0.15) is 0 Å². The molecule has 3 aliphatic heterocycles. The van der Waals surface area contributed by atoms with Crippen molar-refractivity contribution in [3.05, 3.63) is 71.0 Å². The fraction of sp³-hybridized carbons (Fsp3) is 0.409. The van der Waals surface area contributed by atoms with Crippen LogP contribution < -0.4 is 0 Å². The van der Waals surface area contributed by atoms with Gasteiger partial charge in [0.2, 0.25) is 0 Å². The number of fused-ring (bicyclic) bond motifs is 4. The Hall–Kier alpha value is -2.24. The molecule has 2 atom stereocenters. The van der Waals surface area contributed by atoms with Gasteiger partial charge in [-0.15, -0.1) is 0 Å². The third kappa shape index (κ3) is 4.20. The molecule has 2 aromatic rings. The lowest BCUT2D eigenvalue weighted by atomic mass is 9.94. The van der Waals surface area contributed by atoms with Crippen LogP contribution in [-0.2, 0) is 13.1 Å². The van der Waals surface area contributed by atoms with Crippen molar-refractivity contribution in [2.45, 2.75) is 32.0 Å². The largest absolute Gasteiger partial charge is 0.478 e. The molecule has 142 valence electrons. The number of carbonyl (C=O) groups is 1. The molecular formula is C22H25FN2O2. The van der Waals surface area contributed by atoms with Crippen LogP contribution in [0.15, 0.2) is 48.5 Å². The smallest absolute Gasteiger partial charge is 0.336 e. The van der Waals surface area contributed by atoms with Crippen LogP contribution in [0.2, 0.25) is 0 Å². The molecule has 3 aliphatic rings. The Kier molecular flexibility index (Phi) is 5.23. The van der Waals surface area contributed by atoms with E-state index in [0.29, 0.717) is 24.1 Å². The Labute approximate surface area is 159 Å². The second kappa shape index (κ2) is 7.79. The van der Waals surface area contributed by atoms with Crippen molar-refractivity contribution in [3.8, 4) is 0 Å². The molecule has 5 heteroatoms. The van der Waals surface area contributed by atoms with Gasteiger partial charge in [-0.1, -0.05) is 30.3 Å². The number of halogens is 1. The molecule has 27 heavy (non-hydrogen) atoms. The molecule has 0 saturated carbocycles. The number of carboxylic acid groups (broad SMARTS) is 1. The van der Waals surface area contributed by atoms with Crippen molar-refractivity contribution in [1.82, 2.24) is 9.80 Å². The lowest BCUT2D eigenvalue weighted by molar-refractivity contribution is 0.0691. The zero-order chi connectivity index (χ0) is 18.8. The van der Waals surface area contributed by atoms with Crippen molar-refractivity contribution >= 4 is 5.97 Å². The van der Waals surface area contributed by atoms with Gasteiger partial charge in [0, 0.05) is 38.8 Å². The molecule has 5 rings (SSSR count). The maximum absolute atomic E-state index is 13.1. The molecule has 2 aromatic carbocycles. The summed E-state index contributed by atoms with van der Waals surface area (Å²) >= 11 is 0. The fourth-order valence-electron chi connectivity index (χ4n) is 4.53. The monoisotopic (exact) mass is 368 g/mol. The normalized spacial score (nSPS) is 23.3. The molecule has 3 heterocycles. The van der Waals surface area contributed by atoms with E-state index >= 15 is 0 Å². The summed E-state index contributed by atoms with van der Waals surface area (Å²) in [5, 5.41) is 9.45. The van der Waals surface area contributed by atoms with Crippen molar-refractivity contribution in [2.75, 3.05) is 19.6 Å². The Balaban J connectivity index is 1.47. The number of aromatic carboxylic acids is 1. The lowest BCUT2D eigenvalue weighted by Crippen LogP contribution is -2.43. The van der Waals surface area contributed by atoms with Gasteiger partial charge in [0.1, 0.15) is 5.82 Å². The van der Waals surface area contributed by atoms with Gasteiger partial charge < -0.3 is 5.11 Å². The highest BCUT2D eigenvalue weighted by atomic mass is 19.1. The average Bonchev–Trinajstić information content (AvgIpc) is 2.94. The minimum Gasteiger partial charge on any atom is -0.478 e. The molecule has 0 aromatic heterocycles. The highest BCUT2D eigenvalue weighted by Crippen LogP contribution is 2.30. The zero-order valence-electron chi connectivity index (χ0n) is 15.4. The van der Waals surface area contributed by atoms with Crippen LogP contribution in [0.25, 0.3) is 0 Å². The number of piperidine rings is 1. The summed E-state index contributed by atoms with van der Waals surface area (Å²) in [6, 6.07) is 14.5. The van der Waals surface area contributed by atoms with Crippen LogP contribution in [0.3, 0.4) is 0 Å². The van der Waals surface area contributed by atoms with Crippen LogP contribution in [0, 0.1) is 11.7 Å². The number of rotatable bonds is 5. The van der Waals surface area contributed by atoms with E-state index in [1.807, 2.05) is 24.3 Å². The van der Waals surface area contributed by atoms with Crippen molar-refractivity contribution < 1.29 is 14.3 Å². The molecule has 3 fully saturated rings. The quantitative estimate of drug-likeness (QED) is 0.875. The first-order valence-electron chi connectivity index (χ1n) is 9.60. The van der Waals surface area contributed by atoms with Crippen LogP contribution in [0.5, 0.6) is 0 Å². The number of carboxylic acids is 1. The van der Waals surface area contributed by atoms with Crippen LogP contribution in [-0.4, -0.2) is 46.6 Å². The molecule has 0 aliphatic carbocycles. The van der Waals surface area contributed by atoms with Gasteiger partial charge in [0.25, 0.3) is 0 Å². The van der Waals surface area contributed by atoms with Crippen molar-refractivity contribution in [1.29, 1.82) is 0 Å². The third-order valence-electron chi connectivity index (χ3n) is 5.84. The van der Waals surface area contributed by atoms with E-state index in [-0.39, 0.29) is 5.82 Å². The number of hydrogen-bond acceptors (Lipinski definition) is 3. The van der Waals surface area contributed by atoms with E-state index in [1.165, 1.54) is 18.6 Å². The average molecular weight is 368 g/mol. The SMILES string of the molecule is O=C(O)c1ccccc1CN1C[C@H]2CC[C@@H]1CN(Cc1ccc(F)cc1)C2. The molecule has 0 amide bonds. The van der Waals surface area contributed by atoms with Gasteiger partial charge >= 0.3 is 5.97 Å². The number of benzene rings is 2. The molecule has 4 nitrogen and oxygen atoms in total. The summed E-state index contributed by atoms with van der Waals surface area (Å²) in [6.45, 7) is 4.56. The maximum Gasteiger partial charge on any atom is 0.336 e. The first-order valence-corrected chi connectivity index (χ1v) is 9.60. The van der Waals surface area contributed by atoms with Crippen LogP contribution >= 0.6 is 0 Å². The third-order valence-corrected chi connectivity index (χ3v) is 5.84. The number of nitrogens with zero attached hydrogens (tertiary/aromatic N) is 2. The second-order valence-corrected chi connectivity index (χ2v) is 7.81. The first-order chi connectivity index (χ1) is 13.1. The Morgan fingerprint density at radius 3 is 2.56 bits per heavy atom. The standard InChI is InChI=1S/C22H25FN2O2/c23-19-8-5-16(6-9-19)11-24-12-17-7-10-20(15-24)25(13-17)14-18-3-1-2-4-21(18)22(26)27/h1-6,8-9,17,20H,7,10-15H2,(H,26,27)/t17-,20+/m0/s1. The Morgan fingerprint density at radius 1 is 1.00 bits per heavy atom. The summed E-state index contributed by atoms with van der Waals surface area (Å²) < 4.78 is 13.1. The molecule has 0 spiro atoms. The van der Waals surface area contributed by atoms with E-state index in [0.717, 1.165) is 43.7 Å². The molecule has 3 saturated heterocycles. The van der Waals surface area contributed by atoms with E-state index in [1.54, 1.807) is 12.1 Å². The summed E-state index contributed by atoms with van der Waals surface area (Å²) in [6.07, 6.45) is 2.38. The Morgan fingerprint density at radius 2 is 1.78 bits per heavy atom. The van der Waals surface area contributed by atoms with E-state index < -0.39 is 5.97 Å². The summed E-state index contributed by atoms with van der Waals surface area (Å²) in [7, 11) is 0. The lowest BCUT2D eigenvalue weighted by Gasteiger charge is -2.36. The van der Waals surface area contributed by atoms with Gasteiger partial charge in [0.15, 0.2) is 0 Å². The van der Waals surface area contributed by atoms with E-state index in [2.05, 4.69) is 9.80 Å². The molecule has 0 unspecified atom stereocenters. The Bertz CT molecular complexity index is 808. The highest BCUT2D eigenvalue weighted by molar-refractivity contribution is 5.89. The summed E-state index contributed by atoms with van der Waals surface area (Å²) in [5.41, 5.74) is 2.43. The minimum absolute atomic E-state index is 0.196. The van der Waals surface area contributed by atoms with Gasteiger partial charge in [0.05, 0.1) is 5.56 Å². The van der Waals surface area contributed by atoms with Crippen molar-refractivity contribution in [3.63, 3.8) is 0 Å². The second-order valence-electron chi connectivity index (χ2n) is 7.81. The first kappa shape index (κ1) is 18.1. The summed E-state index contributed by atoms with van der Waals surface area (Å²) in [4.78, 5) is 16.4.